The molecule has 0 unspecified atom stereocenters. The number of carboxylic acid groups (broad SMARTS) is 1. The second kappa shape index (κ2) is 12.1. The van der Waals surface area contributed by atoms with Gasteiger partial charge in [-0.2, -0.15) is 0 Å². The fourth-order valence-corrected chi connectivity index (χ4v) is 4.56. The molecule has 176 valence electrons. The summed E-state index contributed by atoms with van der Waals surface area (Å²) in [6.07, 6.45) is 8.58. The zero-order valence-corrected chi connectivity index (χ0v) is 19.4. The minimum atomic E-state index is -0.772. The Hall–Kier alpha value is -2.25. The third-order valence-corrected chi connectivity index (χ3v) is 6.44. The third-order valence-electron chi connectivity index (χ3n) is 6.44. The van der Waals surface area contributed by atoms with E-state index in [1.54, 1.807) is 7.11 Å². The minimum absolute atomic E-state index is 0.326. The largest absolute Gasteiger partial charge is 0.497 e. The Labute approximate surface area is 190 Å². The summed E-state index contributed by atoms with van der Waals surface area (Å²) in [5.41, 5.74) is 1.35. The quantitative estimate of drug-likeness (QED) is 0.490. The maximum absolute atomic E-state index is 14.6. The fraction of sp³-hybridized carbons (Fsp3) is 0.600. The lowest BCUT2D eigenvalue weighted by atomic mass is 10.0. The molecule has 0 saturated carbocycles. The average molecular weight is 446 g/mol. The van der Waals surface area contributed by atoms with Crippen LogP contribution >= 0.6 is 0 Å². The van der Waals surface area contributed by atoms with Crippen molar-refractivity contribution in [3.63, 3.8) is 0 Å². The van der Waals surface area contributed by atoms with Crippen molar-refractivity contribution in [2.24, 2.45) is 0 Å². The Balaban J connectivity index is 1.56. The number of unbranched alkanes of at least 4 members (excludes halogenated alkanes) is 4. The van der Waals surface area contributed by atoms with Crippen LogP contribution in [0.1, 0.15) is 51.0 Å². The average Bonchev–Trinajstić information content (AvgIpc) is 2.80. The number of nitrogens with zero attached hydrogens (tertiary/aromatic N) is 3. The number of hydrogen-bond acceptors (Lipinski definition) is 5. The lowest BCUT2D eigenvalue weighted by molar-refractivity contribution is -0.145. The predicted molar refractivity (Wildman–Crippen MR) is 125 cm³/mol. The molecular formula is C25H36FN3O3. The summed E-state index contributed by atoms with van der Waals surface area (Å²) < 4.78 is 19.8. The molecule has 6 nitrogen and oxygen atoms in total. The summed E-state index contributed by atoms with van der Waals surface area (Å²) in [5.74, 6) is -0.428. The molecule has 3 rings (SSSR count). The molecule has 0 radical (unpaired) electrons. The smallest absolute Gasteiger partial charge is 0.322 e. The van der Waals surface area contributed by atoms with Gasteiger partial charge >= 0.3 is 5.97 Å². The molecule has 1 aromatic carbocycles. The van der Waals surface area contributed by atoms with Crippen LogP contribution in [-0.4, -0.2) is 71.7 Å². The highest BCUT2D eigenvalue weighted by molar-refractivity contribution is 5.83. The van der Waals surface area contributed by atoms with E-state index in [-0.39, 0.29) is 5.82 Å². The summed E-state index contributed by atoms with van der Waals surface area (Å²) in [6, 6.07) is 4.97. The number of pyridine rings is 1. The number of aromatic nitrogens is 1. The lowest BCUT2D eigenvalue weighted by Crippen LogP contribution is -2.56. The molecule has 1 aliphatic heterocycles. The van der Waals surface area contributed by atoms with E-state index in [4.69, 9.17) is 4.74 Å². The maximum Gasteiger partial charge on any atom is 0.322 e. The lowest BCUT2D eigenvalue weighted by Gasteiger charge is -2.39. The van der Waals surface area contributed by atoms with Crippen molar-refractivity contribution in [2.45, 2.75) is 57.9 Å². The van der Waals surface area contributed by atoms with E-state index in [9.17, 15) is 14.3 Å². The number of carboxylic acids is 1. The number of carbonyl (C=O) groups is 1. The second-order valence-corrected chi connectivity index (χ2v) is 8.68. The molecule has 1 fully saturated rings. The Morgan fingerprint density at radius 3 is 2.75 bits per heavy atom. The number of fused-ring (bicyclic) bond motifs is 1. The van der Waals surface area contributed by atoms with E-state index < -0.39 is 12.0 Å². The summed E-state index contributed by atoms with van der Waals surface area (Å²) in [6.45, 7) is 6.00. The molecule has 1 atom stereocenters. The first-order chi connectivity index (χ1) is 15.5. The molecule has 1 N–H and O–H groups in total. The van der Waals surface area contributed by atoms with Gasteiger partial charge in [-0.1, -0.05) is 32.6 Å². The van der Waals surface area contributed by atoms with Crippen molar-refractivity contribution in [1.82, 2.24) is 14.8 Å². The molecule has 0 bridgehead atoms. The fourth-order valence-electron chi connectivity index (χ4n) is 4.56. The van der Waals surface area contributed by atoms with Gasteiger partial charge in [0.05, 0.1) is 18.8 Å². The first-order valence-electron chi connectivity index (χ1n) is 11.8. The van der Waals surface area contributed by atoms with Crippen LogP contribution in [0.25, 0.3) is 10.9 Å². The molecule has 1 aliphatic rings. The summed E-state index contributed by atoms with van der Waals surface area (Å²) in [7, 11) is 1.59. The van der Waals surface area contributed by atoms with Gasteiger partial charge in [0.2, 0.25) is 0 Å². The molecule has 0 aliphatic carbocycles. The predicted octanol–water partition coefficient (Wildman–Crippen LogP) is 4.36. The van der Waals surface area contributed by atoms with E-state index in [2.05, 4.69) is 16.8 Å². The summed E-state index contributed by atoms with van der Waals surface area (Å²) in [4.78, 5) is 20.4. The Kier molecular flexibility index (Phi) is 9.23. The number of halogens is 1. The van der Waals surface area contributed by atoms with Gasteiger partial charge in [0.15, 0.2) is 0 Å². The number of piperazine rings is 1. The van der Waals surface area contributed by atoms with E-state index in [0.29, 0.717) is 37.2 Å². The molecule has 2 aromatic rings. The summed E-state index contributed by atoms with van der Waals surface area (Å²) in [5, 5.41) is 10.5. The van der Waals surface area contributed by atoms with Crippen LogP contribution in [0.15, 0.2) is 24.4 Å². The van der Waals surface area contributed by atoms with Gasteiger partial charge in [-0.15, -0.1) is 0 Å². The highest BCUT2D eigenvalue weighted by Crippen LogP contribution is 2.26. The van der Waals surface area contributed by atoms with E-state index in [0.717, 1.165) is 37.0 Å². The van der Waals surface area contributed by atoms with Crippen LogP contribution in [0.4, 0.5) is 4.39 Å². The molecule has 0 spiro atoms. The molecule has 7 heteroatoms. The first kappa shape index (κ1) is 24.4. The van der Waals surface area contributed by atoms with Crippen molar-refractivity contribution in [2.75, 3.05) is 39.8 Å². The minimum Gasteiger partial charge on any atom is -0.497 e. The zero-order valence-electron chi connectivity index (χ0n) is 19.4. The molecule has 1 aromatic heterocycles. The Morgan fingerprint density at radius 2 is 2.00 bits per heavy atom. The molecular weight excluding hydrogens is 409 g/mol. The Bertz CT molecular complexity index is 892. The number of methoxy groups -OCH3 is 1. The van der Waals surface area contributed by atoms with Crippen molar-refractivity contribution in [1.29, 1.82) is 0 Å². The van der Waals surface area contributed by atoms with E-state index >= 15 is 0 Å². The zero-order chi connectivity index (χ0) is 22.9. The van der Waals surface area contributed by atoms with Crippen LogP contribution in [-0.2, 0) is 11.2 Å². The highest BCUT2D eigenvalue weighted by atomic mass is 19.1. The highest BCUT2D eigenvalue weighted by Gasteiger charge is 2.31. The number of rotatable bonds is 12. The van der Waals surface area contributed by atoms with Crippen LogP contribution in [0, 0.1) is 5.82 Å². The van der Waals surface area contributed by atoms with E-state index in [1.807, 2.05) is 23.1 Å². The number of hydrogen-bond donors (Lipinski definition) is 1. The second-order valence-electron chi connectivity index (χ2n) is 8.68. The van der Waals surface area contributed by atoms with Crippen molar-refractivity contribution in [3.05, 3.63) is 35.8 Å². The van der Waals surface area contributed by atoms with Crippen LogP contribution in [0.3, 0.4) is 0 Å². The van der Waals surface area contributed by atoms with Crippen molar-refractivity contribution in [3.8, 4) is 5.75 Å². The third kappa shape index (κ3) is 6.39. The van der Waals surface area contributed by atoms with E-state index in [1.165, 1.54) is 31.9 Å². The maximum atomic E-state index is 14.6. The number of ether oxygens (including phenoxy) is 1. The van der Waals surface area contributed by atoms with Gasteiger partial charge < -0.3 is 9.84 Å². The topological polar surface area (TPSA) is 65.9 Å². The van der Waals surface area contributed by atoms with Crippen LogP contribution in [0.5, 0.6) is 5.75 Å². The molecule has 32 heavy (non-hydrogen) atoms. The number of aliphatic carboxylic acids is 1. The number of benzene rings is 1. The molecule has 1 saturated heterocycles. The van der Waals surface area contributed by atoms with Gasteiger partial charge in [-0.05, 0) is 56.1 Å². The van der Waals surface area contributed by atoms with Gasteiger partial charge in [0, 0.05) is 25.0 Å². The standard InChI is InChI=1S/C25H36FN3O3/c1-3-4-5-6-7-12-28-14-15-29(24(18-28)25(30)31)13-8-9-20-21-16-19(32-2)10-11-23(21)27-17-22(20)26/h10-11,16-17,24H,3-9,12-15,18H2,1-2H3,(H,30,31)/t24-/m1/s1. The number of aryl methyl sites for hydroxylation is 1. The molecule has 2 heterocycles. The van der Waals surface area contributed by atoms with Gasteiger partial charge in [0.1, 0.15) is 17.6 Å². The van der Waals surface area contributed by atoms with Crippen molar-refractivity contribution >= 4 is 16.9 Å². The first-order valence-corrected chi connectivity index (χ1v) is 11.8. The Morgan fingerprint density at radius 1 is 1.19 bits per heavy atom. The molecule has 0 amide bonds. The van der Waals surface area contributed by atoms with Gasteiger partial charge in [-0.3, -0.25) is 19.6 Å². The van der Waals surface area contributed by atoms with Crippen LogP contribution in [0.2, 0.25) is 0 Å². The SMILES string of the molecule is CCCCCCCN1CCN(CCCc2c(F)cnc3ccc(OC)cc23)[C@@H](C(=O)O)C1. The summed E-state index contributed by atoms with van der Waals surface area (Å²) >= 11 is 0. The van der Waals surface area contributed by atoms with Crippen LogP contribution < -0.4 is 4.74 Å². The van der Waals surface area contributed by atoms with Gasteiger partial charge in [-0.25, -0.2) is 4.39 Å². The monoisotopic (exact) mass is 445 g/mol. The normalized spacial score (nSPS) is 17.7. The van der Waals surface area contributed by atoms with Gasteiger partial charge in [0.25, 0.3) is 0 Å². The van der Waals surface area contributed by atoms with Crippen molar-refractivity contribution < 1.29 is 19.0 Å².